The summed E-state index contributed by atoms with van der Waals surface area (Å²) in [5.41, 5.74) is 0.731. The summed E-state index contributed by atoms with van der Waals surface area (Å²) in [4.78, 5) is 8.84. The smallest absolute Gasteiger partial charge is 0.270 e. The molecule has 3 aromatic rings. The number of hydrogen-bond acceptors (Lipinski definition) is 2. The number of nitrogens with zero attached hydrogens (tertiary/aromatic N) is 2. The Hall–Kier alpha value is -2.33. The van der Waals surface area contributed by atoms with Crippen molar-refractivity contribution in [1.29, 1.82) is 0 Å². The van der Waals surface area contributed by atoms with Crippen LogP contribution in [0.3, 0.4) is 0 Å². The molecule has 5 heteroatoms. The SMILES string of the molecule is C[C@@]1(CCl)N=C(c2cnc3ccccc3c2)c2ccccc2C1(F)F. The van der Waals surface area contributed by atoms with E-state index in [-0.39, 0.29) is 11.4 Å². The minimum atomic E-state index is -3.14. The molecular weight excluding hydrogens is 342 g/mol. The summed E-state index contributed by atoms with van der Waals surface area (Å²) in [6.07, 6.45) is 1.68. The fraction of sp³-hybridized carbons (Fsp3) is 0.200. The molecule has 0 fully saturated rings. The largest absolute Gasteiger partial charge is 0.299 e. The molecule has 0 N–H and O–H groups in total. The molecule has 0 bridgehead atoms. The van der Waals surface area contributed by atoms with Crippen LogP contribution < -0.4 is 0 Å². The van der Waals surface area contributed by atoms with E-state index in [0.717, 1.165) is 10.9 Å². The van der Waals surface area contributed by atoms with E-state index in [1.54, 1.807) is 24.4 Å². The van der Waals surface area contributed by atoms with Crippen molar-refractivity contribution in [2.45, 2.75) is 18.4 Å². The molecule has 0 amide bonds. The van der Waals surface area contributed by atoms with E-state index < -0.39 is 11.5 Å². The lowest BCUT2D eigenvalue weighted by atomic mass is 9.81. The van der Waals surface area contributed by atoms with Crippen molar-refractivity contribution in [2.75, 3.05) is 5.88 Å². The Morgan fingerprint density at radius 2 is 1.76 bits per heavy atom. The van der Waals surface area contributed by atoms with Crippen molar-refractivity contribution in [2.24, 2.45) is 4.99 Å². The Morgan fingerprint density at radius 1 is 1.04 bits per heavy atom. The molecule has 2 heterocycles. The molecule has 1 aliphatic heterocycles. The topological polar surface area (TPSA) is 25.2 Å². The molecule has 4 rings (SSSR count). The molecule has 25 heavy (non-hydrogen) atoms. The second-order valence-corrected chi connectivity index (χ2v) is 6.67. The first kappa shape index (κ1) is 16.2. The Balaban J connectivity index is 1.98. The van der Waals surface area contributed by atoms with Crippen molar-refractivity contribution in [3.63, 3.8) is 0 Å². The maximum absolute atomic E-state index is 15.0. The Kier molecular flexibility index (Phi) is 3.62. The average Bonchev–Trinajstić information content (AvgIpc) is 2.64. The first-order chi connectivity index (χ1) is 12.0. The van der Waals surface area contributed by atoms with E-state index in [1.165, 1.54) is 13.0 Å². The third kappa shape index (κ3) is 2.35. The van der Waals surface area contributed by atoms with Gasteiger partial charge in [-0.3, -0.25) is 9.98 Å². The molecule has 1 aromatic heterocycles. The van der Waals surface area contributed by atoms with Gasteiger partial charge in [0.25, 0.3) is 5.92 Å². The number of aliphatic imine (C=N–C) groups is 1. The minimum absolute atomic E-state index is 0.0451. The number of fused-ring (bicyclic) bond motifs is 2. The number of pyridine rings is 1. The third-order valence-electron chi connectivity index (χ3n) is 4.68. The Labute approximate surface area is 149 Å². The van der Waals surface area contributed by atoms with Crippen LogP contribution in [0.15, 0.2) is 65.8 Å². The lowest BCUT2D eigenvalue weighted by Gasteiger charge is -2.38. The second kappa shape index (κ2) is 5.60. The predicted octanol–water partition coefficient (Wildman–Crippen LogP) is 5.18. The van der Waals surface area contributed by atoms with Crippen molar-refractivity contribution < 1.29 is 8.78 Å². The number of alkyl halides is 3. The maximum Gasteiger partial charge on any atom is 0.299 e. The van der Waals surface area contributed by atoms with Crippen LogP contribution in [0, 0.1) is 0 Å². The standard InChI is InChI=1S/C20H15ClF2N2/c1-19(12-21)20(22,23)16-8-4-3-7-15(16)18(25-19)14-10-13-6-2-5-9-17(13)24-11-14/h2-11H,12H2,1H3/t19-/m0/s1. The highest BCUT2D eigenvalue weighted by molar-refractivity contribution is 6.20. The first-order valence-electron chi connectivity index (χ1n) is 7.95. The zero-order valence-electron chi connectivity index (χ0n) is 13.5. The summed E-state index contributed by atoms with van der Waals surface area (Å²) in [5.74, 6) is -3.42. The van der Waals surface area contributed by atoms with Crippen LogP contribution in [-0.2, 0) is 5.92 Å². The molecule has 2 aromatic carbocycles. The summed E-state index contributed by atoms with van der Waals surface area (Å²) >= 11 is 5.92. The van der Waals surface area contributed by atoms with E-state index >= 15 is 0 Å². The van der Waals surface area contributed by atoms with E-state index in [1.807, 2.05) is 30.3 Å². The summed E-state index contributed by atoms with van der Waals surface area (Å²) < 4.78 is 30.0. The predicted molar refractivity (Wildman–Crippen MR) is 96.8 cm³/mol. The summed E-state index contributed by atoms with van der Waals surface area (Å²) in [5, 5.41) is 0.935. The van der Waals surface area contributed by atoms with Gasteiger partial charge in [0.2, 0.25) is 0 Å². The van der Waals surface area contributed by atoms with Crippen LogP contribution in [0.2, 0.25) is 0 Å². The fourth-order valence-corrected chi connectivity index (χ4v) is 3.39. The van der Waals surface area contributed by atoms with E-state index in [9.17, 15) is 8.78 Å². The molecule has 0 unspecified atom stereocenters. The van der Waals surface area contributed by atoms with Crippen LogP contribution in [0.1, 0.15) is 23.6 Å². The first-order valence-corrected chi connectivity index (χ1v) is 8.48. The highest BCUT2D eigenvalue weighted by Gasteiger charge is 2.55. The van der Waals surface area contributed by atoms with Gasteiger partial charge in [0, 0.05) is 28.3 Å². The molecule has 0 spiro atoms. The monoisotopic (exact) mass is 356 g/mol. The molecule has 0 saturated carbocycles. The highest BCUT2D eigenvalue weighted by Crippen LogP contribution is 2.47. The maximum atomic E-state index is 15.0. The van der Waals surface area contributed by atoms with Gasteiger partial charge in [0.15, 0.2) is 0 Å². The van der Waals surface area contributed by atoms with E-state index in [2.05, 4.69) is 9.98 Å². The molecule has 1 aliphatic rings. The minimum Gasteiger partial charge on any atom is -0.270 e. The fourth-order valence-electron chi connectivity index (χ4n) is 3.17. The van der Waals surface area contributed by atoms with Crippen LogP contribution in [0.5, 0.6) is 0 Å². The molecular formula is C20H15ClF2N2. The van der Waals surface area contributed by atoms with Crippen molar-refractivity contribution >= 4 is 28.2 Å². The lowest BCUT2D eigenvalue weighted by molar-refractivity contribution is -0.0666. The van der Waals surface area contributed by atoms with Gasteiger partial charge >= 0.3 is 0 Å². The van der Waals surface area contributed by atoms with Crippen LogP contribution in [-0.4, -0.2) is 22.1 Å². The number of rotatable bonds is 2. The Bertz CT molecular complexity index is 1000. The van der Waals surface area contributed by atoms with Gasteiger partial charge < -0.3 is 0 Å². The van der Waals surface area contributed by atoms with Gasteiger partial charge in [-0.1, -0.05) is 42.5 Å². The third-order valence-corrected chi connectivity index (χ3v) is 5.20. The molecule has 0 saturated heterocycles. The average molecular weight is 357 g/mol. The number of benzene rings is 2. The summed E-state index contributed by atoms with van der Waals surface area (Å²) in [6.45, 7) is 1.39. The number of hydrogen-bond donors (Lipinski definition) is 0. The molecule has 2 nitrogen and oxygen atoms in total. The Morgan fingerprint density at radius 3 is 2.56 bits per heavy atom. The van der Waals surface area contributed by atoms with Gasteiger partial charge in [-0.15, -0.1) is 11.6 Å². The number of aromatic nitrogens is 1. The van der Waals surface area contributed by atoms with Gasteiger partial charge in [-0.05, 0) is 19.1 Å². The molecule has 126 valence electrons. The number of para-hydroxylation sites is 1. The van der Waals surface area contributed by atoms with Gasteiger partial charge in [-0.25, -0.2) is 0 Å². The van der Waals surface area contributed by atoms with Crippen LogP contribution in [0.25, 0.3) is 10.9 Å². The van der Waals surface area contributed by atoms with E-state index in [4.69, 9.17) is 11.6 Å². The molecule has 0 aliphatic carbocycles. The van der Waals surface area contributed by atoms with E-state index in [0.29, 0.717) is 16.8 Å². The summed E-state index contributed by atoms with van der Waals surface area (Å²) in [6, 6.07) is 16.1. The number of halogens is 3. The zero-order valence-corrected chi connectivity index (χ0v) is 14.3. The lowest BCUT2D eigenvalue weighted by Crippen LogP contribution is -2.48. The van der Waals surface area contributed by atoms with Crippen LogP contribution in [0.4, 0.5) is 8.78 Å². The van der Waals surface area contributed by atoms with Gasteiger partial charge in [0.05, 0.1) is 17.1 Å². The van der Waals surface area contributed by atoms with Gasteiger partial charge in [-0.2, -0.15) is 8.78 Å². The van der Waals surface area contributed by atoms with Crippen molar-refractivity contribution in [1.82, 2.24) is 4.98 Å². The second-order valence-electron chi connectivity index (χ2n) is 6.40. The quantitative estimate of drug-likeness (QED) is 0.581. The van der Waals surface area contributed by atoms with Crippen LogP contribution >= 0.6 is 11.6 Å². The molecule has 1 atom stereocenters. The normalized spacial score (nSPS) is 21.7. The van der Waals surface area contributed by atoms with Gasteiger partial charge in [0.1, 0.15) is 5.54 Å². The molecule has 0 radical (unpaired) electrons. The van der Waals surface area contributed by atoms with Crippen molar-refractivity contribution in [3.05, 3.63) is 77.5 Å². The summed E-state index contributed by atoms with van der Waals surface area (Å²) in [7, 11) is 0. The highest BCUT2D eigenvalue weighted by atomic mass is 35.5. The zero-order chi connectivity index (χ0) is 17.7. The van der Waals surface area contributed by atoms with Crippen molar-refractivity contribution in [3.8, 4) is 0 Å².